The molecule has 0 amide bonds. The fourth-order valence-electron chi connectivity index (χ4n) is 1.79. The van der Waals surface area contributed by atoms with Crippen LogP contribution in [0.5, 0.6) is 0 Å². The lowest BCUT2D eigenvalue weighted by molar-refractivity contribution is 0.568. The predicted molar refractivity (Wildman–Crippen MR) is 87.2 cm³/mol. The van der Waals surface area contributed by atoms with E-state index in [9.17, 15) is 8.42 Å². The van der Waals surface area contributed by atoms with E-state index in [-0.39, 0.29) is 6.04 Å². The summed E-state index contributed by atoms with van der Waals surface area (Å²) in [4.78, 5) is 4.13. The summed E-state index contributed by atoms with van der Waals surface area (Å²) in [6.45, 7) is 5.52. The third kappa shape index (κ3) is 4.58. The molecule has 0 aliphatic rings. The van der Waals surface area contributed by atoms with E-state index in [0.29, 0.717) is 10.8 Å². The molecule has 0 saturated carbocycles. The SMILES string of the molecule is CCCNCc1csc(S(=O)(=O)NC(C)c2nccs2)c1. The number of nitrogens with one attached hydrogen (secondary N) is 2. The topological polar surface area (TPSA) is 71.1 Å². The Morgan fingerprint density at radius 2 is 2.19 bits per heavy atom. The second kappa shape index (κ2) is 7.46. The molecular weight excluding hydrogens is 326 g/mol. The van der Waals surface area contributed by atoms with Crippen molar-refractivity contribution < 1.29 is 8.42 Å². The molecule has 2 aromatic rings. The number of aromatic nitrogens is 1. The van der Waals surface area contributed by atoms with Crippen molar-refractivity contribution in [1.82, 2.24) is 15.0 Å². The van der Waals surface area contributed by atoms with Crippen molar-refractivity contribution in [3.63, 3.8) is 0 Å². The molecule has 0 aromatic carbocycles. The first-order chi connectivity index (χ1) is 10.0. The van der Waals surface area contributed by atoms with Gasteiger partial charge in [0.1, 0.15) is 9.22 Å². The Hall–Kier alpha value is -0.800. The number of hydrogen-bond donors (Lipinski definition) is 2. The highest BCUT2D eigenvalue weighted by Crippen LogP contribution is 2.23. The molecule has 21 heavy (non-hydrogen) atoms. The molecule has 0 fully saturated rings. The molecule has 0 aliphatic heterocycles. The monoisotopic (exact) mass is 345 g/mol. The van der Waals surface area contributed by atoms with Crippen LogP contribution in [-0.2, 0) is 16.6 Å². The standard InChI is InChI=1S/C13H19N3O2S3/c1-3-4-14-8-11-7-12(20-9-11)21(17,18)16-10(2)13-15-5-6-19-13/h5-7,9-10,14,16H,3-4,8H2,1-2H3. The van der Waals surface area contributed by atoms with Gasteiger partial charge in [-0.05, 0) is 36.9 Å². The van der Waals surface area contributed by atoms with E-state index in [0.717, 1.165) is 23.5 Å². The number of sulfonamides is 1. The number of thiazole rings is 1. The summed E-state index contributed by atoms with van der Waals surface area (Å²) in [6, 6.07) is 1.41. The fourth-order valence-corrected chi connectivity index (χ4v) is 4.94. The van der Waals surface area contributed by atoms with Gasteiger partial charge in [-0.2, -0.15) is 0 Å². The normalized spacial score (nSPS) is 13.4. The minimum atomic E-state index is -3.49. The molecule has 1 unspecified atom stereocenters. The minimum absolute atomic E-state index is 0.321. The molecule has 1 atom stereocenters. The average Bonchev–Trinajstić information content (AvgIpc) is 3.10. The van der Waals surface area contributed by atoms with Crippen LogP contribution in [0, 0.1) is 0 Å². The Morgan fingerprint density at radius 1 is 1.38 bits per heavy atom. The first-order valence-electron chi connectivity index (χ1n) is 6.72. The lowest BCUT2D eigenvalue weighted by atomic mass is 10.3. The van der Waals surface area contributed by atoms with Gasteiger partial charge in [0.15, 0.2) is 0 Å². The van der Waals surface area contributed by atoms with E-state index in [1.165, 1.54) is 22.7 Å². The molecule has 2 N–H and O–H groups in total. The number of rotatable bonds is 8. The molecule has 8 heteroatoms. The van der Waals surface area contributed by atoms with Gasteiger partial charge in [0.05, 0.1) is 6.04 Å². The third-order valence-corrected chi connectivity index (χ3v) is 6.79. The van der Waals surface area contributed by atoms with Crippen LogP contribution in [0.1, 0.15) is 36.9 Å². The summed E-state index contributed by atoms with van der Waals surface area (Å²) >= 11 is 2.69. The zero-order valence-corrected chi connectivity index (χ0v) is 14.4. The van der Waals surface area contributed by atoms with Crippen LogP contribution in [-0.4, -0.2) is 19.9 Å². The van der Waals surface area contributed by atoms with Crippen molar-refractivity contribution in [2.75, 3.05) is 6.54 Å². The van der Waals surface area contributed by atoms with Crippen molar-refractivity contribution in [2.24, 2.45) is 0 Å². The van der Waals surface area contributed by atoms with Gasteiger partial charge in [-0.1, -0.05) is 6.92 Å². The van der Waals surface area contributed by atoms with Crippen LogP contribution < -0.4 is 10.0 Å². The molecule has 0 spiro atoms. The van der Waals surface area contributed by atoms with Crippen molar-refractivity contribution in [3.8, 4) is 0 Å². The van der Waals surface area contributed by atoms with Gasteiger partial charge in [-0.3, -0.25) is 0 Å². The van der Waals surface area contributed by atoms with Crippen LogP contribution in [0.15, 0.2) is 27.2 Å². The second-order valence-corrected chi connectivity index (χ2v) is 8.44. The highest BCUT2D eigenvalue weighted by atomic mass is 32.2. The maximum absolute atomic E-state index is 12.3. The van der Waals surface area contributed by atoms with Crippen LogP contribution in [0.25, 0.3) is 0 Å². The average molecular weight is 346 g/mol. The van der Waals surface area contributed by atoms with Crippen molar-refractivity contribution >= 4 is 32.7 Å². The van der Waals surface area contributed by atoms with Gasteiger partial charge in [0.25, 0.3) is 10.0 Å². The molecule has 0 bridgehead atoms. The van der Waals surface area contributed by atoms with Crippen molar-refractivity contribution in [3.05, 3.63) is 33.6 Å². The van der Waals surface area contributed by atoms with Gasteiger partial charge >= 0.3 is 0 Å². The van der Waals surface area contributed by atoms with E-state index in [1.54, 1.807) is 19.2 Å². The molecule has 2 aromatic heterocycles. The van der Waals surface area contributed by atoms with Gasteiger partial charge in [-0.15, -0.1) is 22.7 Å². The molecule has 2 rings (SSSR count). The van der Waals surface area contributed by atoms with Gasteiger partial charge in [0, 0.05) is 18.1 Å². The Bertz CT molecular complexity index is 650. The Kier molecular flexibility index (Phi) is 5.88. The number of nitrogens with zero attached hydrogens (tertiary/aromatic N) is 1. The fraction of sp³-hybridized carbons (Fsp3) is 0.462. The first kappa shape index (κ1) is 16.6. The van der Waals surface area contributed by atoms with Crippen molar-refractivity contribution in [2.45, 2.75) is 37.1 Å². The lowest BCUT2D eigenvalue weighted by Gasteiger charge is -2.10. The maximum Gasteiger partial charge on any atom is 0.250 e. The number of thiophene rings is 1. The Morgan fingerprint density at radius 3 is 2.86 bits per heavy atom. The third-order valence-electron chi connectivity index (χ3n) is 2.80. The molecule has 0 saturated heterocycles. The van der Waals surface area contributed by atoms with Crippen LogP contribution in [0.2, 0.25) is 0 Å². The summed E-state index contributed by atoms with van der Waals surface area (Å²) in [7, 11) is -3.49. The van der Waals surface area contributed by atoms with E-state index < -0.39 is 10.0 Å². The quantitative estimate of drug-likeness (QED) is 0.722. The lowest BCUT2D eigenvalue weighted by Crippen LogP contribution is -2.26. The molecule has 0 radical (unpaired) electrons. The molecule has 0 aliphatic carbocycles. The maximum atomic E-state index is 12.3. The highest BCUT2D eigenvalue weighted by molar-refractivity contribution is 7.91. The van der Waals surface area contributed by atoms with Crippen LogP contribution in [0.4, 0.5) is 0 Å². The van der Waals surface area contributed by atoms with E-state index >= 15 is 0 Å². The van der Waals surface area contributed by atoms with Gasteiger partial charge < -0.3 is 5.32 Å². The highest BCUT2D eigenvalue weighted by Gasteiger charge is 2.21. The van der Waals surface area contributed by atoms with E-state index in [4.69, 9.17) is 0 Å². The number of hydrogen-bond acceptors (Lipinski definition) is 6. The van der Waals surface area contributed by atoms with Gasteiger partial charge in [0.2, 0.25) is 0 Å². The van der Waals surface area contributed by atoms with Crippen molar-refractivity contribution in [1.29, 1.82) is 0 Å². The van der Waals surface area contributed by atoms with Crippen LogP contribution >= 0.6 is 22.7 Å². The van der Waals surface area contributed by atoms with Gasteiger partial charge in [-0.25, -0.2) is 18.1 Å². The van der Waals surface area contributed by atoms with E-state index in [2.05, 4.69) is 21.9 Å². The molecule has 2 heterocycles. The smallest absolute Gasteiger partial charge is 0.250 e. The largest absolute Gasteiger partial charge is 0.313 e. The molecule has 116 valence electrons. The predicted octanol–water partition coefficient (Wildman–Crippen LogP) is 2.74. The zero-order valence-electron chi connectivity index (χ0n) is 12.0. The summed E-state index contributed by atoms with van der Waals surface area (Å²) in [6.07, 6.45) is 2.73. The second-order valence-electron chi connectivity index (χ2n) is 4.66. The Labute approximate surface area is 133 Å². The Balaban J connectivity index is 2.02. The molecular formula is C13H19N3O2S3. The first-order valence-corrected chi connectivity index (χ1v) is 9.97. The molecule has 5 nitrogen and oxygen atoms in total. The summed E-state index contributed by atoms with van der Waals surface area (Å²) in [5, 5.41) is 7.74. The minimum Gasteiger partial charge on any atom is -0.313 e. The summed E-state index contributed by atoms with van der Waals surface area (Å²) in [5.41, 5.74) is 0.996. The van der Waals surface area contributed by atoms with E-state index in [1.807, 2.05) is 10.8 Å². The summed E-state index contributed by atoms with van der Waals surface area (Å²) in [5.74, 6) is 0. The summed E-state index contributed by atoms with van der Waals surface area (Å²) < 4.78 is 27.7. The zero-order chi connectivity index (χ0) is 15.3. The van der Waals surface area contributed by atoms with Crippen LogP contribution in [0.3, 0.4) is 0 Å².